The number of pyridine rings is 1. The Morgan fingerprint density at radius 1 is 1.28 bits per heavy atom. The minimum atomic E-state index is -0.887. The summed E-state index contributed by atoms with van der Waals surface area (Å²) in [5.74, 6) is -1.17. The monoisotopic (exact) mass is 410 g/mol. The van der Waals surface area contributed by atoms with Gasteiger partial charge >= 0.3 is 0 Å². The van der Waals surface area contributed by atoms with Gasteiger partial charge in [-0.25, -0.2) is 0 Å². The number of aryl methyl sites for hydroxylation is 1. The lowest BCUT2D eigenvalue weighted by Crippen LogP contribution is -2.31. The van der Waals surface area contributed by atoms with Crippen molar-refractivity contribution < 1.29 is 19.1 Å². The molecule has 4 rings (SSSR count). The van der Waals surface area contributed by atoms with Gasteiger partial charge in [0, 0.05) is 18.3 Å². The maximum Gasteiger partial charge on any atom is 0.296 e. The fourth-order valence-electron chi connectivity index (χ4n) is 3.13. The lowest BCUT2D eigenvalue weighted by molar-refractivity contribution is -0.117. The molecule has 0 saturated heterocycles. The third kappa shape index (κ3) is 3.23. The molecule has 0 aliphatic carbocycles. The maximum atomic E-state index is 13.1. The normalized spacial score (nSPS) is 16.9. The standard InChI is InChI=1S/C20H18N4O4S/c1-10(2)18-22-23-20(29-18)24-15(12-5-4-8-21-9-12)14(17(26)19(24)27)16(25)13-7-6-11(3)28-13/h4-10,15,26H,1-3H3/t15-/m0/s1. The number of Topliss-reactive ketones (excluding diaryl/α,β-unsaturated/α-hetero) is 1. The highest BCUT2D eigenvalue weighted by atomic mass is 32.1. The van der Waals surface area contributed by atoms with Gasteiger partial charge in [0.1, 0.15) is 10.8 Å². The SMILES string of the molecule is Cc1ccc(C(=O)C2=C(O)C(=O)N(c3nnc(C(C)C)s3)[C@H]2c2cccnc2)o1. The highest BCUT2D eigenvalue weighted by Gasteiger charge is 2.46. The van der Waals surface area contributed by atoms with Gasteiger partial charge in [-0.05, 0) is 30.7 Å². The summed E-state index contributed by atoms with van der Waals surface area (Å²) in [4.78, 5) is 31.5. The van der Waals surface area contributed by atoms with Crippen LogP contribution in [0.1, 0.15) is 52.7 Å². The smallest absolute Gasteiger partial charge is 0.296 e. The van der Waals surface area contributed by atoms with Gasteiger partial charge in [-0.2, -0.15) is 0 Å². The summed E-state index contributed by atoms with van der Waals surface area (Å²) in [5.41, 5.74) is 0.497. The number of hydrogen-bond acceptors (Lipinski definition) is 8. The lowest BCUT2D eigenvalue weighted by Gasteiger charge is -2.23. The Balaban J connectivity index is 1.85. The quantitative estimate of drug-likeness (QED) is 0.638. The average molecular weight is 410 g/mol. The first kappa shape index (κ1) is 19.0. The van der Waals surface area contributed by atoms with E-state index >= 15 is 0 Å². The molecule has 0 unspecified atom stereocenters. The molecule has 1 aliphatic heterocycles. The van der Waals surface area contributed by atoms with Crippen LogP contribution in [0.3, 0.4) is 0 Å². The Hall–Kier alpha value is -3.33. The van der Waals surface area contributed by atoms with Gasteiger partial charge in [0.05, 0.1) is 11.6 Å². The van der Waals surface area contributed by atoms with E-state index in [0.717, 1.165) is 5.01 Å². The van der Waals surface area contributed by atoms with Crippen LogP contribution in [-0.2, 0) is 4.79 Å². The summed E-state index contributed by atoms with van der Waals surface area (Å²) < 4.78 is 5.44. The molecule has 0 aromatic carbocycles. The molecule has 9 heteroatoms. The number of carbonyl (C=O) groups excluding carboxylic acids is 2. The van der Waals surface area contributed by atoms with Crippen molar-refractivity contribution in [2.24, 2.45) is 0 Å². The van der Waals surface area contributed by atoms with Crippen LogP contribution in [-0.4, -0.2) is 32.0 Å². The Bertz CT molecular complexity index is 1120. The molecule has 1 amide bonds. The zero-order chi connectivity index (χ0) is 20.7. The summed E-state index contributed by atoms with van der Waals surface area (Å²) in [5, 5.41) is 20.0. The molecule has 3 aromatic rings. The summed E-state index contributed by atoms with van der Waals surface area (Å²) in [6.45, 7) is 5.65. The van der Waals surface area contributed by atoms with Crippen molar-refractivity contribution in [3.63, 3.8) is 0 Å². The Kier molecular flexibility index (Phi) is 4.75. The predicted octanol–water partition coefficient (Wildman–Crippen LogP) is 3.74. The van der Waals surface area contributed by atoms with Crippen LogP contribution >= 0.6 is 11.3 Å². The van der Waals surface area contributed by atoms with Crippen LogP contribution in [0.5, 0.6) is 0 Å². The number of aliphatic hydroxyl groups excluding tert-OH is 1. The summed E-state index contributed by atoms with van der Waals surface area (Å²) in [6, 6.07) is 5.72. The molecule has 0 spiro atoms. The van der Waals surface area contributed by atoms with Crippen LogP contribution in [0, 0.1) is 6.92 Å². The number of anilines is 1. The van der Waals surface area contributed by atoms with Crippen molar-refractivity contribution in [1.82, 2.24) is 15.2 Å². The molecule has 0 fully saturated rings. The van der Waals surface area contributed by atoms with E-state index in [-0.39, 0.29) is 17.3 Å². The number of amides is 1. The van der Waals surface area contributed by atoms with E-state index in [1.807, 2.05) is 13.8 Å². The highest BCUT2D eigenvalue weighted by molar-refractivity contribution is 7.15. The first-order valence-corrected chi connectivity index (χ1v) is 9.81. The van der Waals surface area contributed by atoms with Crippen molar-refractivity contribution in [2.75, 3.05) is 4.90 Å². The second-order valence-corrected chi connectivity index (χ2v) is 7.93. The van der Waals surface area contributed by atoms with Crippen LogP contribution in [0.25, 0.3) is 0 Å². The zero-order valence-electron chi connectivity index (χ0n) is 16.0. The van der Waals surface area contributed by atoms with Crippen molar-refractivity contribution in [3.05, 3.63) is 70.1 Å². The molecule has 0 bridgehead atoms. The van der Waals surface area contributed by atoms with E-state index in [4.69, 9.17) is 4.42 Å². The first-order chi connectivity index (χ1) is 13.9. The fourth-order valence-corrected chi connectivity index (χ4v) is 4.01. The molecule has 1 atom stereocenters. The molecular formula is C20H18N4O4S. The molecule has 3 aromatic heterocycles. The van der Waals surface area contributed by atoms with Crippen LogP contribution in [0.2, 0.25) is 0 Å². The van der Waals surface area contributed by atoms with Gasteiger partial charge in [-0.15, -0.1) is 10.2 Å². The van der Waals surface area contributed by atoms with Crippen LogP contribution in [0.4, 0.5) is 5.13 Å². The van der Waals surface area contributed by atoms with E-state index in [9.17, 15) is 14.7 Å². The lowest BCUT2D eigenvalue weighted by atomic mass is 9.96. The third-order valence-corrected chi connectivity index (χ3v) is 5.77. The molecule has 1 N–H and O–H groups in total. The summed E-state index contributed by atoms with van der Waals surface area (Å²) >= 11 is 1.25. The fraction of sp³-hybridized carbons (Fsp3) is 0.250. The minimum absolute atomic E-state index is 0.0488. The van der Waals surface area contributed by atoms with Gasteiger partial charge in [0.25, 0.3) is 5.91 Å². The number of ketones is 1. The molecule has 0 radical (unpaired) electrons. The number of rotatable bonds is 5. The Morgan fingerprint density at radius 2 is 2.07 bits per heavy atom. The van der Waals surface area contributed by atoms with Crippen molar-refractivity contribution in [2.45, 2.75) is 32.7 Å². The van der Waals surface area contributed by atoms with E-state index in [1.165, 1.54) is 22.3 Å². The van der Waals surface area contributed by atoms with E-state index in [1.54, 1.807) is 37.5 Å². The Morgan fingerprint density at radius 3 is 2.66 bits per heavy atom. The minimum Gasteiger partial charge on any atom is -0.503 e. The molecule has 4 heterocycles. The number of carbonyl (C=O) groups is 2. The van der Waals surface area contributed by atoms with Gasteiger partial charge < -0.3 is 9.52 Å². The number of nitrogens with zero attached hydrogens (tertiary/aromatic N) is 4. The van der Waals surface area contributed by atoms with E-state index in [2.05, 4.69) is 15.2 Å². The van der Waals surface area contributed by atoms with E-state index in [0.29, 0.717) is 16.5 Å². The molecular weight excluding hydrogens is 392 g/mol. The number of aliphatic hydroxyl groups is 1. The molecule has 29 heavy (non-hydrogen) atoms. The molecule has 1 aliphatic rings. The molecule has 0 saturated carbocycles. The summed E-state index contributed by atoms with van der Waals surface area (Å²) in [6.07, 6.45) is 3.14. The van der Waals surface area contributed by atoms with E-state index < -0.39 is 23.5 Å². The van der Waals surface area contributed by atoms with Crippen molar-refractivity contribution in [1.29, 1.82) is 0 Å². The van der Waals surface area contributed by atoms with Crippen LogP contribution in [0.15, 0.2) is 52.4 Å². The van der Waals surface area contributed by atoms with Crippen molar-refractivity contribution in [3.8, 4) is 0 Å². The van der Waals surface area contributed by atoms with Gasteiger partial charge in [0.2, 0.25) is 10.9 Å². The number of furan rings is 1. The topological polar surface area (TPSA) is 109 Å². The largest absolute Gasteiger partial charge is 0.503 e. The van der Waals surface area contributed by atoms with Gasteiger partial charge in [-0.3, -0.25) is 19.5 Å². The van der Waals surface area contributed by atoms with Crippen LogP contribution < -0.4 is 4.90 Å². The second kappa shape index (κ2) is 7.25. The van der Waals surface area contributed by atoms with Gasteiger partial charge in [0.15, 0.2) is 11.5 Å². The maximum absolute atomic E-state index is 13.1. The molecule has 8 nitrogen and oxygen atoms in total. The first-order valence-electron chi connectivity index (χ1n) is 8.99. The Labute approximate surface area is 170 Å². The van der Waals surface area contributed by atoms with Gasteiger partial charge in [-0.1, -0.05) is 31.3 Å². The highest BCUT2D eigenvalue weighted by Crippen LogP contribution is 2.43. The second-order valence-electron chi connectivity index (χ2n) is 6.94. The molecule has 148 valence electrons. The van der Waals surface area contributed by atoms with Crippen molar-refractivity contribution >= 4 is 28.2 Å². The average Bonchev–Trinajstić information content (AvgIpc) is 3.41. The third-order valence-electron chi connectivity index (χ3n) is 4.55. The predicted molar refractivity (Wildman–Crippen MR) is 106 cm³/mol. The summed E-state index contributed by atoms with van der Waals surface area (Å²) in [7, 11) is 0. The zero-order valence-corrected chi connectivity index (χ0v) is 16.8. The number of hydrogen-bond donors (Lipinski definition) is 1. The number of aromatic nitrogens is 3.